The van der Waals surface area contributed by atoms with Crippen molar-refractivity contribution in [1.29, 1.82) is 0 Å². The summed E-state index contributed by atoms with van der Waals surface area (Å²) < 4.78 is 43.9. The van der Waals surface area contributed by atoms with Gasteiger partial charge in [-0.2, -0.15) is 13.2 Å². The Labute approximate surface area is 154 Å². The van der Waals surface area contributed by atoms with Gasteiger partial charge in [-0.3, -0.25) is 9.59 Å². The molecule has 1 aromatic carbocycles. The largest absolute Gasteiger partial charge is 0.469 e. The molecular weight excluding hydrogens is 361 g/mol. The lowest BCUT2D eigenvalue weighted by molar-refractivity contribution is -0.137. The van der Waals surface area contributed by atoms with Gasteiger partial charge in [0.15, 0.2) is 0 Å². The summed E-state index contributed by atoms with van der Waals surface area (Å²) >= 11 is 0. The SMILES string of the molecule is CC(Cc1ccco1)NC(=O)C1CC(=O)N(c2cccc(C(F)(F)F)c2)C1. The molecule has 27 heavy (non-hydrogen) atoms. The van der Waals surface area contributed by atoms with Crippen LogP contribution in [0.1, 0.15) is 24.7 Å². The summed E-state index contributed by atoms with van der Waals surface area (Å²) in [4.78, 5) is 25.9. The molecular formula is C19H19F3N2O3. The summed E-state index contributed by atoms with van der Waals surface area (Å²) in [6.07, 6.45) is -2.46. The van der Waals surface area contributed by atoms with Crippen molar-refractivity contribution in [2.45, 2.75) is 32.0 Å². The highest BCUT2D eigenvalue weighted by Gasteiger charge is 2.37. The average molecular weight is 380 g/mol. The molecule has 2 amide bonds. The number of hydrogen-bond acceptors (Lipinski definition) is 3. The molecule has 0 spiro atoms. The summed E-state index contributed by atoms with van der Waals surface area (Å²) in [7, 11) is 0. The number of halogens is 3. The zero-order chi connectivity index (χ0) is 19.6. The number of furan rings is 1. The number of nitrogens with zero attached hydrogens (tertiary/aromatic N) is 1. The summed E-state index contributed by atoms with van der Waals surface area (Å²) in [6, 6.07) is 7.93. The topological polar surface area (TPSA) is 62.6 Å². The molecule has 2 heterocycles. The van der Waals surface area contributed by atoms with E-state index < -0.39 is 17.7 Å². The highest BCUT2D eigenvalue weighted by Crippen LogP contribution is 2.33. The van der Waals surface area contributed by atoms with Gasteiger partial charge in [-0.15, -0.1) is 0 Å². The van der Waals surface area contributed by atoms with Crippen LogP contribution in [0.4, 0.5) is 18.9 Å². The second-order valence-corrected chi connectivity index (χ2v) is 6.65. The van der Waals surface area contributed by atoms with Gasteiger partial charge in [-0.25, -0.2) is 0 Å². The van der Waals surface area contributed by atoms with E-state index in [9.17, 15) is 22.8 Å². The van der Waals surface area contributed by atoms with Gasteiger partial charge in [0.1, 0.15) is 5.76 Å². The summed E-state index contributed by atoms with van der Waals surface area (Å²) in [5.74, 6) is -0.535. The van der Waals surface area contributed by atoms with Crippen LogP contribution in [-0.2, 0) is 22.2 Å². The third-order valence-corrected chi connectivity index (χ3v) is 4.46. The third kappa shape index (κ3) is 4.50. The van der Waals surface area contributed by atoms with Crippen molar-refractivity contribution in [2.24, 2.45) is 5.92 Å². The van der Waals surface area contributed by atoms with Crippen LogP contribution >= 0.6 is 0 Å². The lowest BCUT2D eigenvalue weighted by atomic mass is 10.1. The fourth-order valence-electron chi connectivity index (χ4n) is 3.13. The fourth-order valence-corrected chi connectivity index (χ4v) is 3.13. The number of carbonyl (C=O) groups excluding carboxylic acids is 2. The van der Waals surface area contributed by atoms with E-state index in [0.717, 1.165) is 17.9 Å². The smallest absolute Gasteiger partial charge is 0.416 e. The number of amides is 2. The first-order chi connectivity index (χ1) is 12.7. The van der Waals surface area contributed by atoms with Crippen LogP contribution in [-0.4, -0.2) is 24.4 Å². The standard InChI is InChI=1S/C19H19F3N2O3/c1-12(8-16-6-3-7-27-16)23-18(26)13-9-17(25)24(11-13)15-5-2-4-14(10-15)19(20,21)22/h2-7,10,12-13H,8-9,11H2,1H3,(H,23,26). The van der Waals surface area contributed by atoms with Gasteiger partial charge < -0.3 is 14.6 Å². The summed E-state index contributed by atoms with van der Waals surface area (Å²) in [5, 5.41) is 2.83. The maximum absolute atomic E-state index is 12.9. The molecule has 8 heteroatoms. The number of hydrogen-bond donors (Lipinski definition) is 1. The van der Waals surface area contributed by atoms with E-state index >= 15 is 0 Å². The Kier molecular flexibility index (Phi) is 5.25. The number of carbonyl (C=O) groups is 2. The Morgan fingerprint density at radius 3 is 2.78 bits per heavy atom. The molecule has 1 aromatic heterocycles. The Morgan fingerprint density at radius 2 is 2.11 bits per heavy atom. The Bertz CT molecular complexity index is 818. The van der Waals surface area contributed by atoms with E-state index in [1.165, 1.54) is 17.0 Å². The number of nitrogens with one attached hydrogen (secondary N) is 1. The lowest BCUT2D eigenvalue weighted by Crippen LogP contribution is -2.39. The van der Waals surface area contributed by atoms with Crippen LogP contribution in [0.3, 0.4) is 0 Å². The normalized spacial score (nSPS) is 18.6. The molecule has 2 aromatic rings. The van der Waals surface area contributed by atoms with E-state index in [1.54, 1.807) is 18.4 Å². The molecule has 0 aliphatic carbocycles. The zero-order valence-corrected chi connectivity index (χ0v) is 14.6. The second-order valence-electron chi connectivity index (χ2n) is 6.65. The molecule has 1 saturated heterocycles. The van der Waals surface area contributed by atoms with Crippen molar-refractivity contribution < 1.29 is 27.2 Å². The molecule has 1 N–H and O–H groups in total. The first kappa shape index (κ1) is 19.0. The van der Waals surface area contributed by atoms with Gasteiger partial charge in [0.2, 0.25) is 11.8 Å². The van der Waals surface area contributed by atoms with Crippen molar-refractivity contribution in [1.82, 2.24) is 5.32 Å². The molecule has 2 unspecified atom stereocenters. The number of benzene rings is 1. The van der Waals surface area contributed by atoms with E-state index in [0.29, 0.717) is 6.42 Å². The molecule has 1 aliphatic rings. The van der Waals surface area contributed by atoms with Crippen molar-refractivity contribution in [3.8, 4) is 0 Å². The maximum atomic E-state index is 12.9. The quantitative estimate of drug-likeness (QED) is 0.865. The predicted molar refractivity (Wildman–Crippen MR) is 91.9 cm³/mol. The monoisotopic (exact) mass is 380 g/mol. The third-order valence-electron chi connectivity index (χ3n) is 4.46. The van der Waals surface area contributed by atoms with Crippen LogP contribution in [0.2, 0.25) is 0 Å². The number of anilines is 1. The Hall–Kier alpha value is -2.77. The van der Waals surface area contributed by atoms with Crippen molar-refractivity contribution in [2.75, 3.05) is 11.4 Å². The van der Waals surface area contributed by atoms with E-state index in [4.69, 9.17) is 4.42 Å². The van der Waals surface area contributed by atoms with Crippen molar-refractivity contribution in [3.05, 3.63) is 54.0 Å². The summed E-state index contributed by atoms with van der Waals surface area (Å²) in [5.41, 5.74) is -0.679. The lowest BCUT2D eigenvalue weighted by Gasteiger charge is -2.19. The number of rotatable bonds is 5. The van der Waals surface area contributed by atoms with Gasteiger partial charge in [-0.1, -0.05) is 6.07 Å². The molecule has 2 atom stereocenters. The molecule has 0 saturated carbocycles. The Morgan fingerprint density at radius 1 is 1.33 bits per heavy atom. The van der Waals surface area contributed by atoms with Gasteiger partial charge in [0.05, 0.1) is 17.7 Å². The van der Waals surface area contributed by atoms with Crippen LogP contribution in [0.15, 0.2) is 47.1 Å². The highest BCUT2D eigenvalue weighted by molar-refractivity contribution is 6.00. The zero-order valence-electron chi connectivity index (χ0n) is 14.6. The fraction of sp³-hybridized carbons (Fsp3) is 0.368. The van der Waals surface area contributed by atoms with Crippen molar-refractivity contribution >= 4 is 17.5 Å². The van der Waals surface area contributed by atoms with Crippen LogP contribution in [0.25, 0.3) is 0 Å². The predicted octanol–water partition coefficient (Wildman–Crippen LogP) is 3.40. The van der Waals surface area contributed by atoms with E-state index in [2.05, 4.69) is 5.32 Å². The highest BCUT2D eigenvalue weighted by atomic mass is 19.4. The minimum absolute atomic E-state index is 0.0322. The van der Waals surface area contributed by atoms with Gasteiger partial charge >= 0.3 is 6.18 Å². The molecule has 0 bridgehead atoms. The number of alkyl halides is 3. The van der Waals surface area contributed by atoms with Crippen molar-refractivity contribution in [3.63, 3.8) is 0 Å². The van der Waals surface area contributed by atoms with Crippen LogP contribution in [0, 0.1) is 5.92 Å². The minimum atomic E-state index is -4.49. The second kappa shape index (κ2) is 7.46. The molecule has 0 radical (unpaired) electrons. The van der Waals surface area contributed by atoms with Crippen LogP contribution in [0.5, 0.6) is 0 Å². The van der Waals surface area contributed by atoms with Gasteiger partial charge in [0.25, 0.3) is 0 Å². The first-order valence-electron chi connectivity index (χ1n) is 8.54. The minimum Gasteiger partial charge on any atom is -0.469 e. The molecule has 5 nitrogen and oxygen atoms in total. The molecule has 3 rings (SSSR count). The van der Waals surface area contributed by atoms with Gasteiger partial charge in [0, 0.05) is 31.1 Å². The Balaban J connectivity index is 1.64. The van der Waals surface area contributed by atoms with E-state index in [-0.39, 0.29) is 36.5 Å². The van der Waals surface area contributed by atoms with Gasteiger partial charge in [-0.05, 0) is 37.3 Å². The molecule has 1 aliphatic heterocycles. The average Bonchev–Trinajstić information content (AvgIpc) is 3.23. The maximum Gasteiger partial charge on any atom is 0.416 e. The molecule has 1 fully saturated rings. The summed E-state index contributed by atoms with van der Waals surface area (Å²) in [6.45, 7) is 1.88. The molecule has 144 valence electrons. The van der Waals surface area contributed by atoms with Crippen LogP contribution < -0.4 is 10.2 Å². The van der Waals surface area contributed by atoms with E-state index in [1.807, 2.05) is 6.92 Å². The first-order valence-corrected chi connectivity index (χ1v) is 8.54.